The molecule has 1 atom stereocenters. The summed E-state index contributed by atoms with van der Waals surface area (Å²) in [5.41, 5.74) is 0. The molecule has 0 rings (SSSR count). The van der Waals surface area contributed by atoms with Crippen LogP contribution in [0.15, 0.2) is 12.7 Å². The molecule has 20 heavy (non-hydrogen) atoms. The number of carbonyl (C=O) groups excluding carboxylic acids is 1. The Morgan fingerprint density at radius 1 is 1.10 bits per heavy atom. The molecule has 0 aliphatic rings. The van der Waals surface area contributed by atoms with Gasteiger partial charge in [-0.25, -0.2) is 4.79 Å². The molecular formula is C14H28O5Si. The van der Waals surface area contributed by atoms with Crippen molar-refractivity contribution in [1.29, 1.82) is 0 Å². The fourth-order valence-corrected chi connectivity index (χ4v) is 3.78. The summed E-state index contributed by atoms with van der Waals surface area (Å²) in [6.07, 6.45) is 6.26. The first-order chi connectivity index (χ1) is 9.53. The van der Waals surface area contributed by atoms with E-state index in [1.807, 2.05) is 6.92 Å². The Hall–Kier alpha value is -0.693. The largest absolute Gasteiger partial charge is 0.500 e. The van der Waals surface area contributed by atoms with Crippen LogP contribution in [-0.4, -0.2) is 42.2 Å². The predicted molar refractivity (Wildman–Crippen MR) is 80.4 cm³/mol. The lowest BCUT2D eigenvalue weighted by Crippen LogP contribution is -2.42. The first-order valence-corrected chi connectivity index (χ1v) is 8.95. The van der Waals surface area contributed by atoms with Crippen molar-refractivity contribution in [3.05, 3.63) is 12.7 Å². The zero-order chi connectivity index (χ0) is 15.4. The van der Waals surface area contributed by atoms with Gasteiger partial charge in [0.2, 0.25) is 0 Å². The molecule has 0 bridgehead atoms. The van der Waals surface area contributed by atoms with Crippen molar-refractivity contribution in [3.8, 4) is 0 Å². The average Bonchev–Trinajstić information content (AvgIpc) is 2.47. The maximum atomic E-state index is 11.0. The molecule has 5 nitrogen and oxygen atoms in total. The second kappa shape index (κ2) is 11.0. The van der Waals surface area contributed by atoms with Gasteiger partial charge in [-0.2, -0.15) is 0 Å². The van der Waals surface area contributed by atoms with Crippen LogP contribution in [0.5, 0.6) is 0 Å². The highest BCUT2D eigenvalue weighted by molar-refractivity contribution is 6.60. The molecule has 0 saturated heterocycles. The molecule has 0 spiro atoms. The van der Waals surface area contributed by atoms with Gasteiger partial charge in [-0.1, -0.05) is 19.4 Å². The Balaban J connectivity index is 3.67. The summed E-state index contributed by atoms with van der Waals surface area (Å²) >= 11 is 0. The SMILES string of the molecule is C=CC(=O)OC(C)CCCCCC[Si](OC)(OC)OC. The summed E-state index contributed by atoms with van der Waals surface area (Å²) in [6, 6.07) is 0.831. The molecule has 118 valence electrons. The molecule has 6 heteroatoms. The van der Waals surface area contributed by atoms with Crippen LogP contribution in [0.25, 0.3) is 0 Å². The average molecular weight is 304 g/mol. The molecule has 0 aliphatic carbocycles. The number of unbranched alkanes of at least 4 members (excludes halogenated alkanes) is 3. The standard InChI is InChI=1S/C14H28O5Si/c1-6-14(15)19-13(2)11-9-7-8-10-12-20(16-3,17-4)18-5/h6,13H,1,7-12H2,2-5H3. The van der Waals surface area contributed by atoms with Crippen LogP contribution in [-0.2, 0) is 22.8 Å². The van der Waals surface area contributed by atoms with Crippen molar-refractivity contribution < 1.29 is 22.8 Å². The van der Waals surface area contributed by atoms with Crippen molar-refractivity contribution in [3.63, 3.8) is 0 Å². The van der Waals surface area contributed by atoms with Crippen LogP contribution in [0.1, 0.15) is 39.0 Å². The van der Waals surface area contributed by atoms with Crippen molar-refractivity contribution in [2.45, 2.75) is 51.2 Å². The van der Waals surface area contributed by atoms with Crippen molar-refractivity contribution in [1.82, 2.24) is 0 Å². The minimum absolute atomic E-state index is 0.0501. The lowest BCUT2D eigenvalue weighted by Gasteiger charge is -2.24. The van der Waals surface area contributed by atoms with Crippen LogP contribution in [0.2, 0.25) is 6.04 Å². The van der Waals surface area contributed by atoms with Gasteiger partial charge in [-0.15, -0.1) is 0 Å². The van der Waals surface area contributed by atoms with E-state index in [2.05, 4.69) is 6.58 Å². The number of ether oxygens (including phenoxy) is 1. The number of rotatable bonds is 12. The number of hydrogen-bond donors (Lipinski definition) is 0. The van der Waals surface area contributed by atoms with E-state index in [0.29, 0.717) is 0 Å². The lowest BCUT2D eigenvalue weighted by atomic mass is 10.1. The third-order valence-electron chi connectivity index (χ3n) is 3.26. The second-order valence-electron chi connectivity index (χ2n) is 4.70. The van der Waals surface area contributed by atoms with Gasteiger partial charge in [0.25, 0.3) is 0 Å². The van der Waals surface area contributed by atoms with E-state index in [1.165, 1.54) is 6.08 Å². The van der Waals surface area contributed by atoms with E-state index in [4.69, 9.17) is 18.0 Å². The highest BCUT2D eigenvalue weighted by Crippen LogP contribution is 2.18. The summed E-state index contributed by atoms with van der Waals surface area (Å²) in [6.45, 7) is 5.28. The van der Waals surface area contributed by atoms with Gasteiger partial charge in [0.1, 0.15) is 0 Å². The highest BCUT2D eigenvalue weighted by atomic mass is 28.4. The molecule has 1 unspecified atom stereocenters. The molecule has 0 N–H and O–H groups in total. The van der Waals surface area contributed by atoms with Crippen LogP contribution in [0.4, 0.5) is 0 Å². The molecule has 0 heterocycles. The number of esters is 1. The van der Waals surface area contributed by atoms with Crippen molar-refractivity contribution in [2.24, 2.45) is 0 Å². The fourth-order valence-electron chi connectivity index (χ4n) is 1.99. The van der Waals surface area contributed by atoms with E-state index in [-0.39, 0.29) is 12.1 Å². The molecular weight excluding hydrogens is 276 g/mol. The Morgan fingerprint density at radius 2 is 1.65 bits per heavy atom. The lowest BCUT2D eigenvalue weighted by molar-refractivity contribution is -0.142. The van der Waals surface area contributed by atoms with Crippen LogP contribution >= 0.6 is 0 Å². The van der Waals surface area contributed by atoms with E-state index in [0.717, 1.165) is 38.1 Å². The Labute approximate surface area is 123 Å². The highest BCUT2D eigenvalue weighted by Gasteiger charge is 2.36. The maximum absolute atomic E-state index is 11.0. The maximum Gasteiger partial charge on any atom is 0.500 e. The molecule has 0 fully saturated rings. The van der Waals surface area contributed by atoms with Gasteiger partial charge in [0.05, 0.1) is 6.10 Å². The molecule has 0 aromatic carbocycles. The third kappa shape index (κ3) is 7.79. The molecule has 0 aromatic rings. The van der Waals surface area contributed by atoms with Crippen LogP contribution < -0.4 is 0 Å². The van der Waals surface area contributed by atoms with Crippen molar-refractivity contribution in [2.75, 3.05) is 21.3 Å². The van der Waals surface area contributed by atoms with Crippen LogP contribution in [0.3, 0.4) is 0 Å². The quantitative estimate of drug-likeness (QED) is 0.240. The first-order valence-electron chi connectivity index (χ1n) is 7.02. The Bertz CT molecular complexity index is 270. The van der Waals surface area contributed by atoms with Gasteiger partial charge in [-0.3, -0.25) is 0 Å². The monoisotopic (exact) mass is 304 g/mol. The van der Waals surface area contributed by atoms with Crippen molar-refractivity contribution >= 4 is 14.8 Å². The summed E-state index contributed by atoms with van der Waals surface area (Å²) in [5.74, 6) is -0.353. The van der Waals surface area contributed by atoms with Gasteiger partial charge >= 0.3 is 14.8 Å². The summed E-state index contributed by atoms with van der Waals surface area (Å²) in [4.78, 5) is 11.0. The summed E-state index contributed by atoms with van der Waals surface area (Å²) in [5, 5.41) is 0. The Morgan fingerprint density at radius 3 is 2.15 bits per heavy atom. The van der Waals surface area contributed by atoms with E-state index in [9.17, 15) is 4.79 Å². The summed E-state index contributed by atoms with van der Waals surface area (Å²) in [7, 11) is 2.49. The van der Waals surface area contributed by atoms with Gasteiger partial charge in [0.15, 0.2) is 0 Å². The van der Waals surface area contributed by atoms with Gasteiger partial charge in [0, 0.05) is 33.4 Å². The zero-order valence-electron chi connectivity index (χ0n) is 13.1. The molecule has 0 radical (unpaired) electrons. The normalized spacial score (nSPS) is 13.0. The zero-order valence-corrected chi connectivity index (χ0v) is 14.1. The minimum atomic E-state index is -2.41. The minimum Gasteiger partial charge on any atom is -0.460 e. The van der Waals surface area contributed by atoms with E-state index < -0.39 is 8.80 Å². The smallest absolute Gasteiger partial charge is 0.460 e. The third-order valence-corrected chi connectivity index (χ3v) is 6.09. The fraction of sp³-hybridized carbons (Fsp3) is 0.786. The molecule has 0 amide bonds. The number of carbonyl (C=O) groups is 1. The number of hydrogen-bond acceptors (Lipinski definition) is 5. The van der Waals surface area contributed by atoms with E-state index >= 15 is 0 Å². The summed E-state index contributed by atoms with van der Waals surface area (Å²) < 4.78 is 21.2. The van der Waals surface area contributed by atoms with Crippen LogP contribution in [0, 0.1) is 0 Å². The predicted octanol–water partition coefficient (Wildman–Crippen LogP) is 2.93. The molecule has 0 aliphatic heterocycles. The first kappa shape index (κ1) is 19.3. The molecule has 0 saturated carbocycles. The van der Waals surface area contributed by atoms with E-state index in [1.54, 1.807) is 21.3 Å². The van der Waals surface area contributed by atoms with Gasteiger partial charge in [-0.05, 0) is 26.2 Å². The topological polar surface area (TPSA) is 54.0 Å². The van der Waals surface area contributed by atoms with Gasteiger partial charge < -0.3 is 18.0 Å². The second-order valence-corrected chi connectivity index (χ2v) is 7.79. The molecule has 0 aromatic heterocycles. The Kier molecular flexibility index (Phi) is 10.6.